The fourth-order valence-corrected chi connectivity index (χ4v) is 6.13. The molecule has 0 aromatic heterocycles. The van der Waals surface area contributed by atoms with E-state index < -0.39 is 52.0 Å². The molecule has 10 heteroatoms. The van der Waals surface area contributed by atoms with Gasteiger partial charge in [-0.25, -0.2) is 0 Å². The zero-order valence-electron chi connectivity index (χ0n) is 20.1. The van der Waals surface area contributed by atoms with Crippen LogP contribution >= 0.6 is 0 Å². The van der Waals surface area contributed by atoms with Crippen molar-refractivity contribution in [1.82, 2.24) is 4.90 Å². The molecule has 0 saturated heterocycles. The summed E-state index contributed by atoms with van der Waals surface area (Å²) in [5, 5.41) is 44.7. The molecule has 1 aromatic rings. The zero-order chi connectivity index (χ0) is 26.1. The SMILES string of the molecule is CN(C)c1cc(CN2CC=CC2)c(O)c2c1C[C@H]1C[C@H]3CC(=O)C(C(N)=O)=C(O)[C@@]3(O)C(=O)C1=C2O. The van der Waals surface area contributed by atoms with Gasteiger partial charge in [-0.3, -0.25) is 19.3 Å². The van der Waals surface area contributed by atoms with Gasteiger partial charge in [0, 0.05) is 62.9 Å². The van der Waals surface area contributed by atoms with Gasteiger partial charge < -0.3 is 31.1 Å². The Morgan fingerprint density at radius 1 is 1.17 bits per heavy atom. The van der Waals surface area contributed by atoms with Crippen molar-refractivity contribution in [2.24, 2.45) is 17.6 Å². The highest BCUT2D eigenvalue weighted by atomic mass is 16.3. The third kappa shape index (κ3) is 3.28. The number of hydrogen-bond donors (Lipinski definition) is 5. The van der Waals surface area contributed by atoms with E-state index >= 15 is 0 Å². The third-order valence-electron chi connectivity index (χ3n) is 7.89. The molecular formula is C26H29N3O7. The Labute approximate surface area is 207 Å². The standard InChI is InChI=1S/C26H29N3O7/c1-28(2)16-9-13(11-29-5-3-4-6-29)21(31)19-15(16)8-12-7-14-10-17(30)20(25(27)35)24(34)26(14,36)23(33)18(12)22(19)32/h3-4,9,12,14,31-32,34,36H,5-8,10-11H2,1-2H3,(H2,27,35)/t12-,14+,26+/m1/s1. The van der Waals surface area contributed by atoms with Crippen molar-refractivity contribution in [3.63, 3.8) is 0 Å². The highest BCUT2D eigenvalue weighted by molar-refractivity contribution is 6.22. The summed E-state index contributed by atoms with van der Waals surface area (Å²) >= 11 is 0. The van der Waals surface area contributed by atoms with E-state index in [2.05, 4.69) is 4.90 Å². The molecular weight excluding hydrogens is 466 g/mol. The Morgan fingerprint density at radius 3 is 2.44 bits per heavy atom. The first-order valence-corrected chi connectivity index (χ1v) is 11.9. The van der Waals surface area contributed by atoms with E-state index in [1.165, 1.54) is 0 Å². The number of aliphatic hydroxyl groups excluding tert-OH is 2. The number of nitrogens with two attached hydrogens (primary N) is 1. The predicted molar refractivity (Wildman–Crippen MR) is 130 cm³/mol. The Hall–Kier alpha value is -3.63. The van der Waals surface area contributed by atoms with Crippen molar-refractivity contribution in [1.29, 1.82) is 0 Å². The van der Waals surface area contributed by atoms with Gasteiger partial charge in [-0.2, -0.15) is 0 Å². The van der Waals surface area contributed by atoms with Crippen LogP contribution in [0.5, 0.6) is 5.75 Å². The lowest BCUT2D eigenvalue weighted by Gasteiger charge is -2.46. The predicted octanol–water partition coefficient (Wildman–Crippen LogP) is 0.862. The number of carbonyl (C=O) groups excluding carboxylic acids is 3. The molecule has 5 rings (SSSR count). The van der Waals surface area contributed by atoms with Crippen LogP contribution in [0, 0.1) is 11.8 Å². The van der Waals surface area contributed by atoms with Gasteiger partial charge in [0.05, 0.1) is 5.56 Å². The Bertz CT molecular complexity index is 1300. The molecule has 190 valence electrons. The third-order valence-corrected chi connectivity index (χ3v) is 7.89. The van der Waals surface area contributed by atoms with Gasteiger partial charge >= 0.3 is 0 Å². The van der Waals surface area contributed by atoms with Gasteiger partial charge in [-0.15, -0.1) is 0 Å². The minimum atomic E-state index is -2.56. The number of primary amides is 1. The van der Waals surface area contributed by atoms with E-state index in [1.807, 2.05) is 37.2 Å². The molecule has 0 bridgehead atoms. The van der Waals surface area contributed by atoms with E-state index in [1.54, 1.807) is 0 Å². The molecule has 1 saturated carbocycles. The fourth-order valence-electron chi connectivity index (χ4n) is 6.13. The maximum Gasteiger partial charge on any atom is 0.255 e. The first-order chi connectivity index (χ1) is 17.0. The fraction of sp³-hybridized carbons (Fsp3) is 0.423. The quantitative estimate of drug-likeness (QED) is 0.301. The molecule has 0 radical (unpaired) electrons. The number of anilines is 1. The second-order valence-corrected chi connectivity index (χ2v) is 10.2. The molecule has 1 aromatic carbocycles. The molecule has 1 aliphatic heterocycles. The molecule has 1 heterocycles. The Balaban J connectivity index is 1.68. The topological polar surface area (TPSA) is 165 Å². The number of fused-ring (bicyclic) bond motifs is 3. The number of benzene rings is 1. The molecule has 3 atom stereocenters. The maximum absolute atomic E-state index is 13.7. The lowest BCUT2D eigenvalue weighted by atomic mass is 9.59. The average molecular weight is 496 g/mol. The van der Waals surface area contributed by atoms with E-state index in [-0.39, 0.29) is 36.1 Å². The number of aromatic hydroxyl groups is 1. The summed E-state index contributed by atoms with van der Waals surface area (Å²) in [7, 11) is 3.70. The van der Waals surface area contributed by atoms with Crippen molar-refractivity contribution in [3.8, 4) is 5.75 Å². The van der Waals surface area contributed by atoms with E-state index in [4.69, 9.17) is 5.73 Å². The minimum absolute atomic E-state index is 0.109. The van der Waals surface area contributed by atoms with Crippen LogP contribution in [0.15, 0.2) is 35.1 Å². The van der Waals surface area contributed by atoms with Crippen LogP contribution in [-0.2, 0) is 27.3 Å². The summed E-state index contributed by atoms with van der Waals surface area (Å²) in [6.07, 6.45) is 4.11. The van der Waals surface area contributed by atoms with Crippen LogP contribution in [0.1, 0.15) is 29.5 Å². The summed E-state index contributed by atoms with van der Waals surface area (Å²) in [6, 6.07) is 1.88. The molecule has 1 fully saturated rings. The number of aliphatic hydroxyl groups is 3. The van der Waals surface area contributed by atoms with Crippen LogP contribution < -0.4 is 10.6 Å². The van der Waals surface area contributed by atoms with Crippen molar-refractivity contribution < 1.29 is 34.8 Å². The second kappa shape index (κ2) is 8.21. The van der Waals surface area contributed by atoms with Crippen LogP contribution in [0.4, 0.5) is 5.69 Å². The summed E-state index contributed by atoms with van der Waals surface area (Å²) < 4.78 is 0. The van der Waals surface area contributed by atoms with Gasteiger partial charge in [-0.1, -0.05) is 12.2 Å². The monoisotopic (exact) mass is 495 g/mol. The highest BCUT2D eigenvalue weighted by Crippen LogP contribution is 2.53. The number of nitrogens with zero attached hydrogens (tertiary/aromatic N) is 2. The number of rotatable bonds is 4. The molecule has 3 aliphatic carbocycles. The first kappa shape index (κ1) is 24.1. The van der Waals surface area contributed by atoms with Gasteiger partial charge in [-0.05, 0) is 30.4 Å². The summed E-state index contributed by atoms with van der Waals surface area (Å²) in [4.78, 5) is 41.9. The van der Waals surface area contributed by atoms with Gasteiger partial charge in [0.15, 0.2) is 11.4 Å². The van der Waals surface area contributed by atoms with Crippen LogP contribution in [0.25, 0.3) is 5.76 Å². The van der Waals surface area contributed by atoms with Crippen molar-refractivity contribution >= 4 is 28.9 Å². The number of carbonyl (C=O) groups is 3. The molecule has 6 N–H and O–H groups in total. The lowest BCUT2D eigenvalue weighted by molar-refractivity contribution is -0.147. The maximum atomic E-state index is 13.7. The van der Waals surface area contributed by atoms with Crippen LogP contribution in [0.3, 0.4) is 0 Å². The van der Waals surface area contributed by atoms with Crippen molar-refractivity contribution in [3.05, 3.63) is 51.8 Å². The number of ketones is 2. The van der Waals surface area contributed by atoms with Crippen LogP contribution in [0.2, 0.25) is 0 Å². The molecule has 1 amide bonds. The van der Waals surface area contributed by atoms with Crippen LogP contribution in [-0.4, -0.2) is 75.6 Å². The van der Waals surface area contributed by atoms with Crippen molar-refractivity contribution in [2.45, 2.75) is 31.4 Å². The van der Waals surface area contributed by atoms with Gasteiger partial charge in [0.2, 0.25) is 5.78 Å². The molecule has 36 heavy (non-hydrogen) atoms. The summed E-state index contributed by atoms with van der Waals surface area (Å²) in [6.45, 7) is 1.87. The van der Waals surface area contributed by atoms with Gasteiger partial charge in [0.1, 0.15) is 22.8 Å². The van der Waals surface area contributed by atoms with E-state index in [0.29, 0.717) is 17.7 Å². The van der Waals surface area contributed by atoms with Crippen molar-refractivity contribution in [2.75, 3.05) is 32.1 Å². The summed E-state index contributed by atoms with van der Waals surface area (Å²) in [5.41, 5.74) is 3.88. The minimum Gasteiger partial charge on any atom is -0.508 e. The normalized spacial score (nSPS) is 27.8. The van der Waals surface area contributed by atoms with E-state index in [0.717, 1.165) is 18.8 Å². The summed E-state index contributed by atoms with van der Waals surface area (Å²) in [5.74, 6) is -6.19. The van der Waals surface area contributed by atoms with E-state index in [9.17, 15) is 34.8 Å². The number of phenolic OH excluding ortho intramolecular Hbond substituents is 1. The average Bonchev–Trinajstić information content (AvgIpc) is 3.30. The number of amides is 1. The second-order valence-electron chi connectivity index (χ2n) is 10.2. The molecule has 10 nitrogen and oxygen atoms in total. The zero-order valence-corrected chi connectivity index (χ0v) is 20.1. The Morgan fingerprint density at radius 2 is 1.83 bits per heavy atom. The molecule has 0 unspecified atom stereocenters. The Kier molecular flexibility index (Phi) is 5.49. The largest absolute Gasteiger partial charge is 0.508 e. The number of hydrogen-bond acceptors (Lipinski definition) is 9. The van der Waals surface area contributed by atoms with Gasteiger partial charge in [0.25, 0.3) is 5.91 Å². The number of Topliss-reactive ketones (excluding diaryl/α,β-unsaturated/α-hetero) is 2. The molecule has 0 spiro atoms. The highest BCUT2D eigenvalue weighted by Gasteiger charge is 2.60. The number of phenols is 1. The smallest absolute Gasteiger partial charge is 0.255 e. The lowest BCUT2D eigenvalue weighted by Crippen LogP contribution is -2.58. The molecule has 4 aliphatic rings. The first-order valence-electron chi connectivity index (χ1n) is 11.9.